The lowest BCUT2D eigenvalue weighted by Crippen LogP contribution is -2.47. The van der Waals surface area contributed by atoms with Gasteiger partial charge in [0.1, 0.15) is 6.04 Å². The molecule has 37 heavy (non-hydrogen) atoms. The zero-order valence-corrected chi connectivity index (χ0v) is 22.0. The molecule has 0 aromatic heterocycles. The SMILES string of the molecule is CC(C)C[C@H](C(=O)OCC(=O)Nc1ccccc1C(F)(F)F)N1C(=O)c2c(Cl)c(Cl)c(Cl)c(Cl)c2C1=O. The van der Waals surface area contributed by atoms with Crippen LogP contribution in [0.25, 0.3) is 0 Å². The van der Waals surface area contributed by atoms with Crippen molar-refractivity contribution in [2.45, 2.75) is 32.5 Å². The summed E-state index contributed by atoms with van der Waals surface area (Å²) in [7, 11) is 0. The van der Waals surface area contributed by atoms with Crippen LogP contribution in [0.5, 0.6) is 0 Å². The minimum absolute atomic E-state index is 0.0699. The number of nitrogens with zero attached hydrogens (tertiary/aromatic N) is 1. The van der Waals surface area contributed by atoms with E-state index in [0.29, 0.717) is 4.90 Å². The Morgan fingerprint density at radius 3 is 1.95 bits per heavy atom. The number of hydrogen-bond donors (Lipinski definition) is 1. The number of fused-ring (bicyclic) bond motifs is 1. The predicted octanol–water partition coefficient (Wildman–Crippen LogP) is 6.51. The van der Waals surface area contributed by atoms with Crippen LogP contribution in [0.4, 0.5) is 18.9 Å². The number of hydrogen-bond acceptors (Lipinski definition) is 5. The Kier molecular flexibility index (Phi) is 8.68. The van der Waals surface area contributed by atoms with Crippen molar-refractivity contribution in [3.63, 3.8) is 0 Å². The molecule has 2 aromatic carbocycles. The first-order valence-electron chi connectivity index (χ1n) is 10.5. The summed E-state index contributed by atoms with van der Waals surface area (Å²) < 4.78 is 44.5. The summed E-state index contributed by atoms with van der Waals surface area (Å²) in [6.45, 7) is 2.42. The lowest BCUT2D eigenvalue weighted by atomic mass is 10.0. The van der Waals surface area contributed by atoms with E-state index >= 15 is 0 Å². The Labute approximate surface area is 228 Å². The lowest BCUT2D eigenvalue weighted by molar-refractivity contribution is -0.151. The summed E-state index contributed by atoms with van der Waals surface area (Å²) in [6.07, 6.45) is -4.80. The number of rotatable bonds is 7. The van der Waals surface area contributed by atoms with Gasteiger partial charge in [0.05, 0.1) is 42.5 Å². The Hall–Kier alpha value is -2.53. The highest BCUT2D eigenvalue weighted by molar-refractivity contribution is 6.55. The maximum atomic E-state index is 13.2. The van der Waals surface area contributed by atoms with Gasteiger partial charge in [0.2, 0.25) is 0 Å². The molecule has 1 atom stereocenters. The summed E-state index contributed by atoms with van der Waals surface area (Å²) in [5, 5.41) is 0.867. The molecule has 7 nitrogen and oxygen atoms in total. The van der Waals surface area contributed by atoms with Gasteiger partial charge in [-0.3, -0.25) is 19.3 Å². The smallest absolute Gasteiger partial charge is 0.418 e. The standard InChI is InChI=1S/C23H17Cl4F3N2O5/c1-9(2)7-12(32-20(34)14-15(21(32)35)17(25)19(27)18(26)16(14)24)22(36)37-8-13(33)31-11-6-4-3-5-10(11)23(28,29)30/h3-6,9,12H,7-8H2,1-2H3,(H,31,33)/t12-/m1/s1. The van der Waals surface area contributed by atoms with Gasteiger partial charge < -0.3 is 10.1 Å². The third-order valence-corrected chi connectivity index (χ3v) is 7.06. The number of anilines is 1. The fraction of sp³-hybridized carbons (Fsp3) is 0.304. The quantitative estimate of drug-likeness (QED) is 0.169. The van der Waals surface area contributed by atoms with Crippen molar-refractivity contribution in [1.29, 1.82) is 0 Å². The maximum absolute atomic E-state index is 13.2. The monoisotopic (exact) mass is 598 g/mol. The van der Waals surface area contributed by atoms with Crippen LogP contribution >= 0.6 is 46.4 Å². The molecule has 1 aliphatic heterocycles. The van der Waals surface area contributed by atoms with E-state index in [9.17, 15) is 32.3 Å². The van der Waals surface area contributed by atoms with E-state index in [0.717, 1.165) is 18.2 Å². The Bertz CT molecular complexity index is 1250. The van der Waals surface area contributed by atoms with E-state index in [4.69, 9.17) is 51.1 Å². The molecule has 1 N–H and O–H groups in total. The number of carbonyl (C=O) groups is 4. The lowest BCUT2D eigenvalue weighted by Gasteiger charge is -2.26. The highest BCUT2D eigenvalue weighted by Gasteiger charge is 2.47. The second-order valence-corrected chi connectivity index (χ2v) is 9.84. The molecule has 14 heteroatoms. The first-order chi connectivity index (χ1) is 17.2. The van der Waals surface area contributed by atoms with Crippen LogP contribution < -0.4 is 5.32 Å². The van der Waals surface area contributed by atoms with Gasteiger partial charge in [-0.2, -0.15) is 13.2 Å². The third kappa shape index (κ3) is 5.82. The molecule has 3 rings (SSSR count). The van der Waals surface area contributed by atoms with Crippen LogP contribution in [0.2, 0.25) is 20.1 Å². The number of imide groups is 1. The molecule has 0 saturated carbocycles. The van der Waals surface area contributed by atoms with Gasteiger partial charge in [-0.15, -0.1) is 0 Å². The maximum Gasteiger partial charge on any atom is 0.418 e. The van der Waals surface area contributed by atoms with Crippen molar-refractivity contribution in [3.05, 3.63) is 61.0 Å². The van der Waals surface area contributed by atoms with Gasteiger partial charge in [-0.25, -0.2) is 4.79 Å². The van der Waals surface area contributed by atoms with E-state index < -0.39 is 53.8 Å². The van der Waals surface area contributed by atoms with Gasteiger partial charge in [0.15, 0.2) is 6.61 Å². The first kappa shape index (κ1) is 29.0. The van der Waals surface area contributed by atoms with E-state index in [1.54, 1.807) is 13.8 Å². The van der Waals surface area contributed by atoms with Crippen molar-refractivity contribution < 1.29 is 37.1 Å². The number of para-hydroxylation sites is 1. The molecule has 0 radical (unpaired) electrons. The fourth-order valence-corrected chi connectivity index (χ4v) is 4.68. The van der Waals surface area contributed by atoms with Crippen LogP contribution in [0.3, 0.4) is 0 Å². The van der Waals surface area contributed by atoms with Gasteiger partial charge in [-0.05, 0) is 24.5 Å². The second kappa shape index (κ2) is 11.1. The summed E-state index contributed by atoms with van der Waals surface area (Å²) >= 11 is 24.3. The summed E-state index contributed by atoms with van der Waals surface area (Å²) in [5.41, 5.74) is -2.30. The largest absolute Gasteiger partial charge is 0.454 e. The zero-order chi connectivity index (χ0) is 27.8. The molecule has 2 aromatic rings. The zero-order valence-electron chi connectivity index (χ0n) is 19.0. The molecular weight excluding hydrogens is 583 g/mol. The molecule has 0 fully saturated rings. The molecule has 3 amide bonds. The fourth-order valence-electron chi connectivity index (χ4n) is 3.66. The van der Waals surface area contributed by atoms with Gasteiger partial charge in [0.25, 0.3) is 17.7 Å². The van der Waals surface area contributed by atoms with Crippen LogP contribution in [-0.2, 0) is 20.5 Å². The summed E-state index contributed by atoms with van der Waals surface area (Å²) in [5.74, 6) is -4.41. The van der Waals surface area contributed by atoms with Gasteiger partial charge in [0, 0.05) is 0 Å². The molecule has 0 unspecified atom stereocenters. The average Bonchev–Trinajstić information content (AvgIpc) is 3.07. The number of alkyl halides is 3. The van der Waals surface area contributed by atoms with Crippen LogP contribution in [-0.4, -0.2) is 41.2 Å². The number of benzene rings is 2. The molecule has 1 heterocycles. The molecule has 0 aliphatic carbocycles. The van der Waals surface area contributed by atoms with Gasteiger partial charge >= 0.3 is 12.1 Å². The van der Waals surface area contributed by atoms with E-state index in [-0.39, 0.29) is 43.6 Å². The van der Waals surface area contributed by atoms with Crippen LogP contribution in [0.15, 0.2) is 24.3 Å². The van der Waals surface area contributed by atoms with Crippen LogP contribution in [0.1, 0.15) is 46.5 Å². The molecule has 0 spiro atoms. The second-order valence-electron chi connectivity index (χ2n) is 8.33. The molecule has 198 valence electrons. The van der Waals surface area contributed by atoms with Crippen molar-refractivity contribution in [2.75, 3.05) is 11.9 Å². The van der Waals surface area contributed by atoms with Crippen molar-refractivity contribution in [1.82, 2.24) is 4.90 Å². The number of amides is 3. The number of carbonyl (C=O) groups excluding carboxylic acids is 4. The van der Waals surface area contributed by atoms with Crippen LogP contribution in [0, 0.1) is 5.92 Å². The number of nitrogens with one attached hydrogen (secondary N) is 1. The molecule has 0 saturated heterocycles. The number of halogens is 7. The number of esters is 1. The van der Waals surface area contributed by atoms with E-state index in [1.807, 2.05) is 5.32 Å². The minimum Gasteiger partial charge on any atom is -0.454 e. The third-order valence-electron chi connectivity index (χ3n) is 5.26. The highest BCUT2D eigenvalue weighted by Crippen LogP contribution is 2.45. The average molecular weight is 600 g/mol. The Morgan fingerprint density at radius 2 is 1.46 bits per heavy atom. The molecule has 0 bridgehead atoms. The topological polar surface area (TPSA) is 92.8 Å². The Morgan fingerprint density at radius 1 is 0.946 bits per heavy atom. The molecular formula is C23H17Cl4F3N2O5. The van der Waals surface area contributed by atoms with E-state index in [1.165, 1.54) is 6.07 Å². The highest BCUT2D eigenvalue weighted by atomic mass is 35.5. The predicted molar refractivity (Wildman–Crippen MR) is 131 cm³/mol. The first-order valence-corrected chi connectivity index (χ1v) is 12.0. The number of ether oxygens (including phenoxy) is 1. The van der Waals surface area contributed by atoms with Crippen molar-refractivity contribution in [2.24, 2.45) is 5.92 Å². The van der Waals surface area contributed by atoms with Crippen molar-refractivity contribution in [3.8, 4) is 0 Å². The molecule has 1 aliphatic rings. The normalized spacial score (nSPS) is 14.2. The minimum atomic E-state index is -4.73. The van der Waals surface area contributed by atoms with Gasteiger partial charge in [-0.1, -0.05) is 72.4 Å². The Balaban J connectivity index is 1.82. The van der Waals surface area contributed by atoms with E-state index in [2.05, 4.69) is 0 Å². The van der Waals surface area contributed by atoms with Crippen molar-refractivity contribution >= 4 is 75.8 Å². The summed E-state index contributed by atoms with van der Waals surface area (Å²) in [6, 6.07) is 2.74. The summed E-state index contributed by atoms with van der Waals surface area (Å²) in [4.78, 5) is 52.1.